The third-order valence-corrected chi connectivity index (χ3v) is 5.09. The summed E-state index contributed by atoms with van der Waals surface area (Å²) in [5.41, 5.74) is 1.49. The maximum absolute atomic E-state index is 5.28. The van der Waals surface area contributed by atoms with Crippen molar-refractivity contribution in [3.8, 4) is 5.75 Å². The predicted octanol–water partition coefficient (Wildman–Crippen LogP) is 4.91. The van der Waals surface area contributed by atoms with Crippen molar-refractivity contribution in [2.45, 2.75) is 45.7 Å². The molecule has 2 rings (SSSR count). The summed E-state index contributed by atoms with van der Waals surface area (Å²) in [4.78, 5) is 2.82. The van der Waals surface area contributed by atoms with Crippen molar-refractivity contribution in [2.24, 2.45) is 0 Å². The summed E-state index contributed by atoms with van der Waals surface area (Å²) in [6.45, 7) is 9.87. The van der Waals surface area contributed by atoms with E-state index in [1.807, 2.05) is 23.5 Å². The molecule has 1 aromatic carbocycles. The van der Waals surface area contributed by atoms with Crippen molar-refractivity contribution in [3.63, 3.8) is 0 Å². The van der Waals surface area contributed by atoms with Gasteiger partial charge in [-0.2, -0.15) is 0 Å². The summed E-state index contributed by atoms with van der Waals surface area (Å²) in [7, 11) is 1.71. The molecule has 0 aliphatic carbocycles. The zero-order chi connectivity index (χ0) is 15.5. The molecule has 0 amide bonds. The van der Waals surface area contributed by atoms with Crippen molar-refractivity contribution in [1.82, 2.24) is 5.32 Å². The van der Waals surface area contributed by atoms with Gasteiger partial charge in [-0.05, 0) is 42.2 Å². The molecule has 0 saturated carbocycles. The molecule has 1 N–H and O–H groups in total. The van der Waals surface area contributed by atoms with Gasteiger partial charge in [-0.1, -0.05) is 32.9 Å². The van der Waals surface area contributed by atoms with Gasteiger partial charge in [0.2, 0.25) is 0 Å². The van der Waals surface area contributed by atoms with E-state index in [1.165, 1.54) is 15.3 Å². The van der Waals surface area contributed by atoms with E-state index in [0.717, 1.165) is 12.3 Å². The molecule has 0 aliphatic heterocycles. The molecule has 21 heavy (non-hydrogen) atoms. The summed E-state index contributed by atoms with van der Waals surface area (Å²) in [6, 6.07) is 13.0. The summed E-state index contributed by atoms with van der Waals surface area (Å²) in [5, 5.41) is 3.59. The molecule has 1 aromatic heterocycles. The molecular weight excluding hydrogens is 278 g/mol. The fourth-order valence-electron chi connectivity index (χ4n) is 2.16. The monoisotopic (exact) mass is 303 g/mol. The maximum Gasteiger partial charge on any atom is 0.119 e. The molecule has 1 unspecified atom stereocenters. The van der Waals surface area contributed by atoms with Crippen LogP contribution in [0.25, 0.3) is 0 Å². The van der Waals surface area contributed by atoms with Gasteiger partial charge in [0, 0.05) is 22.3 Å². The van der Waals surface area contributed by atoms with Gasteiger partial charge in [0.15, 0.2) is 0 Å². The van der Waals surface area contributed by atoms with E-state index in [1.54, 1.807) is 7.11 Å². The maximum atomic E-state index is 5.28. The number of rotatable bonds is 5. The van der Waals surface area contributed by atoms with Gasteiger partial charge in [0.25, 0.3) is 0 Å². The molecular formula is C18H25NOS. The lowest BCUT2D eigenvalue weighted by Crippen LogP contribution is -2.17. The second-order valence-electron chi connectivity index (χ2n) is 6.40. The zero-order valence-electron chi connectivity index (χ0n) is 13.6. The van der Waals surface area contributed by atoms with Crippen molar-refractivity contribution in [2.75, 3.05) is 7.11 Å². The smallest absolute Gasteiger partial charge is 0.119 e. The molecule has 0 aliphatic rings. The molecule has 2 nitrogen and oxygen atoms in total. The Balaban J connectivity index is 1.97. The highest BCUT2D eigenvalue weighted by Crippen LogP contribution is 2.29. The van der Waals surface area contributed by atoms with Gasteiger partial charge in [0.05, 0.1) is 7.11 Å². The normalized spacial score (nSPS) is 13.2. The van der Waals surface area contributed by atoms with Crippen LogP contribution in [0.4, 0.5) is 0 Å². The molecule has 2 aromatic rings. The van der Waals surface area contributed by atoms with Crippen molar-refractivity contribution in [3.05, 3.63) is 51.7 Å². The van der Waals surface area contributed by atoms with Gasteiger partial charge < -0.3 is 10.1 Å². The van der Waals surface area contributed by atoms with E-state index < -0.39 is 0 Å². The SMILES string of the molecule is COc1cccc(C(C)NCc2ccc(C(C)(C)C)s2)c1. The Kier molecular flexibility index (Phi) is 5.07. The van der Waals surface area contributed by atoms with Crippen LogP contribution in [0, 0.1) is 0 Å². The van der Waals surface area contributed by atoms with Gasteiger partial charge in [-0.25, -0.2) is 0 Å². The predicted molar refractivity (Wildman–Crippen MR) is 91.3 cm³/mol. The van der Waals surface area contributed by atoms with E-state index in [4.69, 9.17) is 4.74 Å². The Morgan fingerprint density at radius 3 is 2.57 bits per heavy atom. The first-order valence-electron chi connectivity index (χ1n) is 7.36. The van der Waals surface area contributed by atoms with Crippen LogP contribution in [-0.2, 0) is 12.0 Å². The van der Waals surface area contributed by atoms with Crippen LogP contribution in [0.3, 0.4) is 0 Å². The lowest BCUT2D eigenvalue weighted by molar-refractivity contribution is 0.413. The molecule has 1 heterocycles. The molecule has 1 atom stereocenters. The fraction of sp³-hybridized carbons (Fsp3) is 0.444. The lowest BCUT2D eigenvalue weighted by Gasteiger charge is -2.16. The largest absolute Gasteiger partial charge is 0.497 e. The van der Waals surface area contributed by atoms with Crippen molar-refractivity contribution in [1.29, 1.82) is 0 Å². The number of hydrogen-bond donors (Lipinski definition) is 1. The highest BCUT2D eigenvalue weighted by molar-refractivity contribution is 7.12. The molecule has 0 radical (unpaired) electrons. The summed E-state index contributed by atoms with van der Waals surface area (Å²) in [6.07, 6.45) is 0. The first kappa shape index (κ1) is 16.1. The van der Waals surface area contributed by atoms with E-state index >= 15 is 0 Å². The highest BCUT2D eigenvalue weighted by Gasteiger charge is 2.16. The average Bonchev–Trinajstić information content (AvgIpc) is 2.94. The van der Waals surface area contributed by atoms with Crippen LogP contribution in [0.1, 0.15) is 49.1 Å². The highest BCUT2D eigenvalue weighted by atomic mass is 32.1. The van der Waals surface area contributed by atoms with Crippen LogP contribution in [-0.4, -0.2) is 7.11 Å². The number of benzene rings is 1. The summed E-state index contributed by atoms with van der Waals surface area (Å²) < 4.78 is 5.28. The van der Waals surface area contributed by atoms with Crippen LogP contribution in [0.5, 0.6) is 5.75 Å². The third kappa shape index (κ3) is 4.32. The van der Waals surface area contributed by atoms with Gasteiger partial charge >= 0.3 is 0 Å². The Hall–Kier alpha value is -1.32. The second kappa shape index (κ2) is 6.63. The Labute approximate surface area is 132 Å². The van der Waals surface area contributed by atoms with E-state index in [0.29, 0.717) is 6.04 Å². The Morgan fingerprint density at radius 1 is 1.19 bits per heavy atom. The number of methoxy groups -OCH3 is 1. The molecule has 0 spiro atoms. The van der Waals surface area contributed by atoms with Gasteiger partial charge in [0.1, 0.15) is 5.75 Å². The van der Waals surface area contributed by atoms with Crippen molar-refractivity contribution >= 4 is 11.3 Å². The van der Waals surface area contributed by atoms with E-state index in [2.05, 4.69) is 57.3 Å². The number of hydrogen-bond acceptors (Lipinski definition) is 3. The minimum Gasteiger partial charge on any atom is -0.497 e. The average molecular weight is 303 g/mol. The Bertz CT molecular complexity index is 583. The van der Waals surface area contributed by atoms with Crippen LogP contribution in [0.15, 0.2) is 36.4 Å². The first-order chi connectivity index (χ1) is 9.90. The lowest BCUT2D eigenvalue weighted by atomic mass is 9.95. The minimum atomic E-state index is 0.237. The number of ether oxygens (including phenoxy) is 1. The van der Waals surface area contributed by atoms with E-state index in [-0.39, 0.29) is 5.41 Å². The molecule has 0 fully saturated rings. The summed E-state index contributed by atoms with van der Waals surface area (Å²) in [5.74, 6) is 0.910. The molecule has 3 heteroatoms. The van der Waals surface area contributed by atoms with Crippen molar-refractivity contribution < 1.29 is 4.74 Å². The molecule has 0 saturated heterocycles. The van der Waals surface area contributed by atoms with Crippen LogP contribution >= 0.6 is 11.3 Å². The molecule has 114 valence electrons. The van der Waals surface area contributed by atoms with Gasteiger partial charge in [-0.3, -0.25) is 0 Å². The van der Waals surface area contributed by atoms with Crippen LogP contribution in [0.2, 0.25) is 0 Å². The topological polar surface area (TPSA) is 21.3 Å². The zero-order valence-corrected chi connectivity index (χ0v) is 14.4. The number of thiophene rings is 1. The third-order valence-electron chi connectivity index (χ3n) is 3.58. The molecule has 0 bridgehead atoms. The fourth-order valence-corrected chi connectivity index (χ4v) is 3.17. The Morgan fingerprint density at radius 2 is 1.95 bits per heavy atom. The van der Waals surface area contributed by atoms with Gasteiger partial charge in [-0.15, -0.1) is 11.3 Å². The quantitative estimate of drug-likeness (QED) is 0.848. The summed E-state index contributed by atoms with van der Waals surface area (Å²) >= 11 is 1.90. The minimum absolute atomic E-state index is 0.237. The van der Waals surface area contributed by atoms with Crippen LogP contribution < -0.4 is 10.1 Å². The number of nitrogens with one attached hydrogen (secondary N) is 1. The first-order valence-corrected chi connectivity index (χ1v) is 8.18. The van der Waals surface area contributed by atoms with E-state index in [9.17, 15) is 0 Å². The standard InChI is InChI=1S/C18H25NOS/c1-13(14-7-6-8-15(11-14)20-5)19-12-16-9-10-17(21-16)18(2,3)4/h6-11,13,19H,12H2,1-5H3. The second-order valence-corrected chi connectivity index (χ2v) is 7.56.